The minimum absolute atomic E-state index is 0.113. The van der Waals surface area contributed by atoms with E-state index in [1.54, 1.807) is 17.0 Å². The molecular weight excluding hydrogens is 364 g/mol. The number of hydrogen-bond donors (Lipinski definition) is 1. The molecule has 2 aliphatic rings. The van der Waals surface area contributed by atoms with E-state index >= 15 is 0 Å². The molecule has 2 fully saturated rings. The minimum atomic E-state index is -3.60. The second kappa shape index (κ2) is 6.14. The molecule has 0 bridgehead atoms. The van der Waals surface area contributed by atoms with Crippen LogP contribution < -0.4 is 4.72 Å². The van der Waals surface area contributed by atoms with Gasteiger partial charge in [0.25, 0.3) is 0 Å². The average molecular weight is 387 g/mol. The van der Waals surface area contributed by atoms with E-state index in [1.807, 2.05) is 20.8 Å². The highest BCUT2D eigenvalue weighted by Crippen LogP contribution is 2.47. The van der Waals surface area contributed by atoms with E-state index in [0.717, 1.165) is 12.8 Å². The predicted molar refractivity (Wildman–Crippen MR) is 95.0 cm³/mol. The lowest BCUT2D eigenvalue weighted by Crippen LogP contribution is -2.60. The molecule has 0 atom stereocenters. The van der Waals surface area contributed by atoms with Crippen molar-refractivity contribution in [1.29, 1.82) is 0 Å². The third-order valence-corrected chi connectivity index (χ3v) is 6.38. The summed E-state index contributed by atoms with van der Waals surface area (Å²) < 4.78 is 33.4. The largest absolute Gasteiger partial charge is 0.444 e. The molecule has 0 radical (unpaired) electrons. The SMILES string of the molecule is CC(C)(C)OC(=O)N1CC(C2(NS(=O)(=O)c3ccc(Cl)cc3)CC2)C1. The maximum Gasteiger partial charge on any atom is 0.410 e. The number of benzene rings is 1. The molecule has 1 N–H and O–H groups in total. The minimum Gasteiger partial charge on any atom is -0.444 e. The van der Waals surface area contributed by atoms with Crippen LogP contribution in [0.15, 0.2) is 29.2 Å². The van der Waals surface area contributed by atoms with Gasteiger partial charge in [0.05, 0.1) is 4.90 Å². The number of nitrogens with one attached hydrogen (secondary N) is 1. The number of rotatable bonds is 4. The van der Waals surface area contributed by atoms with Crippen LogP contribution in [0.25, 0.3) is 0 Å². The van der Waals surface area contributed by atoms with Crippen LogP contribution in [0.2, 0.25) is 5.02 Å². The molecule has 1 aromatic rings. The molecule has 8 heteroatoms. The van der Waals surface area contributed by atoms with Crippen LogP contribution in [0.3, 0.4) is 0 Å². The smallest absolute Gasteiger partial charge is 0.410 e. The zero-order chi connectivity index (χ0) is 18.5. The van der Waals surface area contributed by atoms with Crippen LogP contribution in [0, 0.1) is 5.92 Å². The van der Waals surface area contributed by atoms with Crippen molar-refractivity contribution >= 4 is 27.7 Å². The van der Waals surface area contributed by atoms with Crippen LogP contribution in [-0.4, -0.2) is 43.6 Å². The van der Waals surface area contributed by atoms with Crippen molar-refractivity contribution in [3.63, 3.8) is 0 Å². The Labute approximate surface area is 153 Å². The van der Waals surface area contributed by atoms with Crippen LogP contribution in [0.1, 0.15) is 33.6 Å². The van der Waals surface area contributed by atoms with Crippen molar-refractivity contribution in [2.24, 2.45) is 5.92 Å². The maximum absolute atomic E-state index is 12.6. The summed E-state index contributed by atoms with van der Waals surface area (Å²) in [6.45, 7) is 6.50. The van der Waals surface area contributed by atoms with E-state index in [0.29, 0.717) is 18.1 Å². The fraction of sp³-hybridized carbons (Fsp3) is 0.588. The number of hydrogen-bond acceptors (Lipinski definition) is 4. The number of halogens is 1. The molecule has 1 aromatic carbocycles. The van der Waals surface area contributed by atoms with E-state index in [1.165, 1.54) is 12.1 Å². The first-order valence-corrected chi connectivity index (χ1v) is 10.1. The normalized spacial score (nSPS) is 20.1. The Hall–Kier alpha value is -1.31. The second-order valence-electron chi connectivity index (χ2n) is 7.80. The molecule has 1 amide bonds. The first-order chi connectivity index (χ1) is 11.5. The second-order valence-corrected chi connectivity index (χ2v) is 9.92. The summed E-state index contributed by atoms with van der Waals surface area (Å²) in [6, 6.07) is 6.11. The lowest BCUT2D eigenvalue weighted by Gasteiger charge is -2.44. The molecule has 3 rings (SSSR count). The molecule has 6 nitrogen and oxygen atoms in total. The lowest BCUT2D eigenvalue weighted by atomic mass is 9.90. The Balaban J connectivity index is 1.61. The van der Waals surface area contributed by atoms with Crippen LogP contribution in [0.5, 0.6) is 0 Å². The zero-order valence-corrected chi connectivity index (χ0v) is 16.2. The fourth-order valence-electron chi connectivity index (χ4n) is 2.97. The first-order valence-electron chi connectivity index (χ1n) is 8.28. The number of amides is 1. The van der Waals surface area contributed by atoms with Gasteiger partial charge in [-0.15, -0.1) is 0 Å². The number of carbonyl (C=O) groups excluding carboxylic acids is 1. The van der Waals surface area contributed by atoms with Gasteiger partial charge in [0.1, 0.15) is 5.60 Å². The van der Waals surface area contributed by atoms with Crippen molar-refractivity contribution in [3.05, 3.63) is 29.3 Å². The van der Waals surface area contributed by atoms with Gasteiger partial charge in [-0.25, -0.2) is 17.9 Å². The molecule has 25 heavy (non-hydrogen) atoms. The third kappa shape index (κ3) is 4.10. The van der Waals surface area contributed by atoms with Crippen molar-refractivity contribution < 1.29 is 17.9 Å². The number of likely N-dealkylation sites (tertiary alicyclic amines) is 1. The van der Waals surface area contributed by atoms with E-state index in [4.69, 9.17) is 16.3 Å². The zero-order valence-electron chi connectivity index (χ0n) is 14.6. The molecule has 1 heterocycles. The van der Waals surface area contributed by atoms with Gasteiger partial charge in [-0.1, -0.05) is 11.6 Å². The van der Waals surface area contributed by atoms with Gasteiger partial charge in [0.15, 0.2) is 0 Å². The molecular formula is C17H23ClN2O4S. The standard InChI is InChI=1S/C17H23ClN2O4S/c1-16(2,3)24-15(21)20-10-12(11-20)17(8-9-17)19-25(22,23)14-6-4-13(18)5-7-14/h4-7,12,19H,8-11H2,1-3H3. The van der Waals surface area contributed by atoms with E-state index in [9.17, 15) is 13.2 Å². The topological polar surface area (TPSA) is 75.7 Å². The fourth-order valence-corrected chi connectivity index (χ4v) is 4.62. The van der Waals surface area contributed by atoms with Gasteiger partial charge >= 0.3 is 6.09 Å². The molecule has 1 aliphatic carbocycles. The highest BCUT2D eigenvalue weighted by atomic mass is 35.5. The molecule has 1 saturated heterocycles. The summed E-state index contributed by atoms with van der Waals surface area (Å²) >= 11 is 5.82. The number of sulfonamides is 1. The third-order valence-electron chi connectivity index (χ3n) is 4.56. The van der Waals surface area contributed by atoms with Gasteiger partial charge in [-0.3, -0.25) is 0 Å². The van der Waals surface area contributed by atoms with Crippen molar-refractivity contribution in [2.45, 2.75) is 49.6 Å². The quantitative estimate of drug-likeness (QED) is 0.862. The van der Waals surface area contributed by atoms with Gasteiger partial charge in [-0.2, -0.15) is 0 Å². The average Bonchev–Trinajstić information content (AvgIpc) is 3.14. The molecule has 0 unspecified atom stereocenters. The van der Waals surface area contributed by atoms with Crippen molar-refractivity contribution in [2.75, 3.05) is 13.1 Å². The van der Waals surface area contributed by atoms with Gasteiger partial charge < -0.3 is 9.64 Å². The molecule has 0 spiro atoms. The van der Waals surface area contributed by atoms with Crippen LogP contribution >= 0.6 is 11.6 Å². The summed E-state index contributed by atoms with van der Waals surface area (Å²) in [5, 5.41) is 0.493. The molecule has 138 valence electrons. The Morgan fingerprint density at radius 2 is 1.80 bits per heavy atom. The number of carbonyl (C=O) groups is 1. The number of ether oxygens (including phenoxy) is 1. The summed E-state index contributed by atoms with van der Waals surface area (Å²) in [5.74, 6) is 0.113. The molecule has 0 aromatic heterocycles. The van der Waals surface area contributed by atoms with Gasteiger partial charge in [0, 0.05) is 29.6 Å². The summed E-state index contributed by atoms with van der Waals surface area (Å²) in [6.07, 6.45) is 1.22. The summed E-state index contributed by atoms with van der Waals surface area (Å²) in [5.41, 5.74) is -0.980. The molecule has 1 aliphatic heterocycles. The van der Waals surface area contributed by atoms with Crippen molar-refractivity contribution in [1.82, 2.24) is 9.62 Å². The maximum atomic E-state index is 12.6. The molecule has 1 saturated carbocycles. The van der Waals surface area contributed by atoms with E-state index in [-0.39, 0.29) is 16.9 Å². The van der Waals surface area contributed by atoms with E-state index in [2.05, 4.69) is 4.72 Å². The lowest BCUT2D eigenvalue weighted by molar-refractivity contribution is -0.00730. The van der Waals surface area contributed by atoms with Gasteiger partial charge in [0.2, 0.25) is 10.0 Å². The van der Waals surface area contributed by atoms with Gasteiger partial charge in [-0.05, 0) is 57.9 Å². The summed E-state index contributed by atoms with van der Waals surface area (Å²) in [7, 11) is -3.60. The number of nitrogens with zero attached hydrogens (tertiary/aromatic N) is 1. The Morgan fingerprint density at radius 1 is 1.24 bits per heavy atom. The van der Waals surface area contributed by atoms with Crippen LogP contribution in [0.4, 0.5) is 4.79 Å². The Bertz CT molecular complexity index is 761. The highest BCUT2D eigenvalue weighted by molar-refractivity contribution is 7.89. The monoisotopic (exact) mass is 386 g/mol. The van der Waals surface area contributed by atoms with Crippen molar-refractivity contribution in [3.8, 4) is 0 Å². The van der Waals surface area contributed by atoms with Crippen LogP contribution in [-0.2, 0) is 14.8 Å². The first kappa shape index (κ1) is 18.5. The van der Waals surface area contributed by atoms with E-state index < -0.39 is 21.2 Å². The Kier molecular flexibility index (Phi) is 4.54. The predicted octanol–water partition coefficient (Wildman–Crippen LogP) is 3.02. The summed E-state index contributed by atoms with van der Waals surface area (Å²) in [4.78, 5) is 13.8. The Morgan fingerprint density at radius 3 is 2.28 bits per heavy atom. The highest BCUT2D eigenvalue weighted by Gasteiger charge is 2.56.